The molecule has 0 spiro atoms. The number of hydrogen-bond donors (Lipinski definition) is 1. The third-order valence-electron chi connectivity index (χ3n) is 2.75. The quantitative estimate of drug-likeness (QED) is 0.820. The maximum atomic E-state index is 11.6. The molecule has 1 aromatic rings. The first-order valence-electron chi connectivity index (χ1n) is 7.50. The van der Waals surface area contributed by atoms with Gasteiger partial charge in [-0.3, -0.25) is 4.79 Å². The highest BCUT2D eigenvalue weighted by atomic mass is 16.6. The van der Waals surface area contributed by atoms with Gasteiger partial charge in [0.15, 0.2) is 0 Å². The van der Waals surface area contributed by atoms with Crippen LogP contribution in [0.2, 0.25) is 0 Å². The largest absolute Gasteiger partial charge is 0.466 e. The molecular weight excluding hydrogens is 282 g/mol. The molecule has 0 saturated carbocycles. The van der Waals surface area contributed by atoms with Crippen molar-refractivity contribution in [3.05, 3.63) is 35.4 Å². The SMILES string of the molecule is CCOC(=O)CCc1cccc(CNC(=O)OC(C)(C)C)c1. The van der Waals surface area contributed by atoms with Crippen molar-refractivity contribution in [2.75, 3.05) is 6.61 Å². The molecule has 0 heterocycles. The number of aryl methyl sites for hydroxylation is 1. The normalized spacial score (nSPS) is 10.9. The third-order valence-corrected chi connectivity index (χ3v) is 2.75. The van der Waals surface area contributed by atoms with E-state index in [-0.39, 0.29) is 5.97 Å². The zero-order chi connectivity index (χ0) is 16.6. The van der Waals surface area contributed by atoms with Crippen LogP contribution in [-0.2, 0) is 27.2 Å². The molecule has 22 heavy (non-hydrogen) atoms. The van der Waals surface area contributed by atoms with Gasteiger partial charge in [0.25, 0.3) is 0 Å². The average Bonchev–Trinajstić information content (AvgIpc) is 2.42. The number of carbonyl (C=O) groups excluding carboxylic acids is 2. The van der Waals surface area contributed by atoms with Gasteiger partial charge in [-0.05, 0) is 45.2 Å². The van der Waals surface area contributed by atoms with Crippen LogP contribution in [-0.4, -0.2) is 24.3 Å². The summed E-state index contributed by atoms with van der Waals surface area (Å²) >= 11 is 0. The van der Waals surface area contributed by atoms with Crippen LogP contribution in [0.3, 0.4) is 0 Å². The monoisotopic (exact) mass is 307 g/mol. The predicted molar refractivity (Wildman–Crippen MR) is 84.5 cm³/mol. The molecule has 5 heteroatoms. The van der Waals surface area contributed by atoms with Crippen LogP contribution < -0.4 is 5.32 Å². The molecule has 1 amide bonds. The molecule has 0 fully saturated rings. The number of esters is 1. The number of ether oxygens (including phenoxy) is 2. The lowest BCUT2D eigenvalue weighted by atomic mass is 10.1. The van der Waals surface area contributed by atoms with Gasteiger partial charge < -0.3 is 14.8 Å². The van der Waals surface area contributed by atoms with Gasteiger partial charge in [0.05, 0.1) is 6.61 Å². The number of carbonyl (C=O) groups is 2. The predicted octanol–water partition coefficient (Wildman–Crippen LogP) is 3.21. The number of hydrogen-bond acceptors (Lipinski definition) is 4. The third kappa shape index (κ3) is 7.67. The van der Waals surface area contributed by atoms with Crippen molar-refractivity contribution < 1.29 is 19.1 Å². The molecule has 1 N–H and O–H groups in total. The first kappa shape index (κ1) is 18.0. The number of nitrogens with one attached hydrogen (secondary N) is 1. The first-order chi connectivity index (χ1) is 10.3. The van der Waals surface area contributed by atoms with Crippen LogP contribution in [0.15, 0.2) is 24.3 Å². The average molecular weight is 307 g/mol. The lowest BCUT2D eigenvalue weighted by Crippen LogP contribution is -2.32. The Bertz CT molecular complexity index is 506. The van der Waals surface area contributed by atoms with Gasteiger partial charge in [-0.15, -0.1) is 0 Å². The van der Waals surface area contributed by atoms with E-state index in [0.29, 0.717) is 26.0 Å². The molecule has 0 unspecified atom stereocenters. The van der Waals surface area contributed by atoms with Crippen LogP contribution in [0.4, 0.5) is 4.79 Å². The summed E-state index contributed by atoms with van der Waals surface area (Å²) in [5.74, 6) is -0.195. The molecule has 0 aliphatic rings. The number of benzene rings is 1. The van der Waals surface area contributed by atoms with E-state index in [2.05, 4.69) is 5.32 Å². The summed E-state index contributed by atoms with van der Waals surface area (Å²) in [4.78, 5) is 23.0. The van der Waals surface area contributed by atoms with Gasteiger partial charge in [0.1, 0.15) is 5.60 Å². The lowest BCUT2D eigenvalue weighted by Gasteiger charge is -2.19. The van der Waals surface area contributed by atoms with E-state index in [9.17, 15) is 9.59 Å². The molecule has 5 nitrogen and oxygen atoms in total. The van der Waals surface area contributed by atoms with Crippen LogP contribution in [0.25, 0.3) is 0 Å². The van der Waals surface area contributed by atoms with Crippen LogP contribution in [0.1, 0.15) is 45.2 Å². The Morgan fingerprint density at radius 1 is 1.18 bits per heavy atom. The van der Waals surface area contributed by atoms with Crippen molar-refractivity contribution in [2.45, 2.75) is 52.7 Å². The smallest absolute Gasteiger partial charge is 0.407 e. The minimum Gasteiger partial charge on any atom is -0.466 e. The van der Waals surface area contributed by atoms with Gasteiger partial charge in [0.2, 0.25) is 0 Å². The molecule has 0 bridgehead atoms. The minimum atomic E-state index is -0.508. The topological polar surface area (TPSA) is 64.6 Å². The first-order valence-corrected chi connectivity index (χ1v) is 7.50. The summed E-state index contributed by atoms with van der Waals surface area (Å²) in [7, 11) is 0. The van der Waals surface area contributed by atoms with Crippen LogP contribution in [0, 0.1) is 0 Å². The summed E-state index contributed by atoms with van der Waals surface area (Å²) < 4.78 is 10.1. The van der Waals surface area contributed by atoms with E-state index in [1.54, 1.807) is 6.92 Å². The Morgan fingerprint density at radius 2 is 1.86 bits per heavy atom. The Balaban J connectivity index is 2.47. The maximum Gasteiger partial charge on any atom is 0.407 e. The minimum absolute atomic E-state index is 0.195. The van der Waals surface area contributed by atoms with Gasteiger partial charge in [-0.1, -0.05) is 24.3 Å². The van der Waals surface area contributed by atoms with Crippen molar-refractivity contribution >= 4 is 12.1 Å². The zero-order valence-electron chi connectivity index (χ0n) is 13.8. The summed E-state index contributed by atoms with van der Waals surface area (Å²) in [5.41, 5.74) is 1.50. The van der Waals surface area contributed by atoms with E-state index < -0.39 is 11.7 Å². The molecule has 1 rings (SSSR count). The van der Waals surface area contributed by atoms with Gasteiger partial charge in [-0.25, -0.2) is 4.79 Å². The molecule has 122 valence electrons. The molecule has 0 radical (unpaired) electrons. The van der Waals surface area contributed by atoms with Crippen molar-refractivity contribution in [3.8, 4) is 0 Å². The fourth-order valence-electron chi connectivity index (χ4n) is 1.86. The van der Waals surface area contributed by atoms with Gasteiger partial charge in [-0.2, -0.15) is 0 Å². The highest BCUT2D eigenvalue weighted by Crippen LogP contribution is 2.10. The Kier molecular flexibility index (Phi) is 6.89. The molecular formula is C17H25NO4. The molecule has 0 aliphatic heterocycles. The number of amides is 1. The molecule has 0 atom stereocenters. The second-order valence-electron chi connectivity index (χ2n) is 5.98. The molecule has 0 aromatic heterocycles. The van der Waals surface area contributed by atoms with Gasteiger partial charge in [0, 0.05) is 13.0 Å². The molecule has 0 saturated heterocycles. The fraction of sp³-hybridized carbons (Fsp3) is 0.529. The van der Waals surface area contributed by atoms with E-state index in [1.807, 2.05) is 45.0 Å². The Morgan fingerprint density at radius 3 is 2.50 bits per heavy atom. The van der Waals surface area contributed by atoms with Gasteiger partial charge >= 0.3 is 12.1 Å². The maximum absolute atomic E-state index is 11.6. The van der Waals surface area contributed by atoms with E-state index in [4.69, 9.17) is 9.47 Å². The standard InChI is InChI=1S/C17H25NO4/c1-5-21-15(19)10-9-13-7-6-8-14(11-13)12-18-16(20)22-17(2,3)4/h6-8,11H,5,9-10,12H2,1-4H3,(H,18,20). The molecule has 1 aromatic carbocycles. The zero-order valence-corrected chi connectivity index (χ0v) is 13.8. The second kappa shape index (κ2) is 8.41. The molecule has 0 aliphatic carbocycles. The Labute approximate surface area is 132 Å². The van der Waals surface area contributed by atoms with Crippen LogP contribution in [0.5, 0.6) is 0 Å². The summed E-state index contributed by atoms with van der Waals surface area (Å²) in [6, 6.07) is 7.75. The van der Waals surface area contributed by atoms with E-state index in [0.717, 1.165) is 11.1 Å². The van der Waals surface area contributed by atoms with Crippen molar-refractivity contribution in [3.63, 3.8) is 0 Å². The highest BCUT2D eigenvalue weighted by molar-refractivity contribution is 5.69. The van der Waals surface area contributed by atoms with Crippen LogP contribution >= 0.6 is 0 Å². The summed E-state index contributed by atoms with van der Waals surface area (Å²) in [6.07, 6.45) is 0.542. The fourth-order valence-corrected chi connectivity index (χ4v) is 1.86. The lowest BCUT2D eigenvalue weighted by molar-refractivity contribution is -0.143. The van der Waals surface area contributed by atoms with Crippen molar-refractivity contribution in [1.29, 1.82) is 0 Å². The Hall–Kier alpha value is -2.04. The number of rotatable bonds is 6. The number of alkyl carbamates (subject to hydrolysis) is 1. The second-order valence-corrected chi connectivity index (χ2v) is 5.98. The van der Waals surface area contributed by atoms with E-state index >= 15 is 0 Å². The highest BCUT2D eigenvalue weighted by Gasteiger charge is 2.15. The van der Waals surface area contributed by atoms with Crippen molar-refractivity contribution in [2.24, 2.45) is 0 Å². The summed E-state index contributed by atoms with van der Waals surface area (Å²) in [6.45, 7) is 8.05. The summed E-state index contributed by atoms with van der Waals surface area (Å²) in [5, 5.41) is 2.72. The van der Waals surface area contributed by atoms with E-state index in [1.165, 1.54) is 0 Å². The van der Waals surface area contributed by atoms with Crippen molar-refractivity contribution in [1.82, 2.24) is 5.32 Å².